The summed E-state index contributed by atoms with van der Waals surface area (Å²) >= 11 is 0. The maximum Gasteiger partial charge on any atom is 0.356 e. The van der Waals surface area contributed by atoms with Crippen LogP contribution < -0.4 is 0 Å². The normalized spacial score (nSPS) is 17.3. The molecule has 1 aliphatic carbocycles. The fourth-order valence-electron chi connectivity index (χ4n) is 3.67. The van der Waals surface area contributed by atoms with E-state index in [1.165, 1.54) is 13.3 Å². The number of nitrogens with zero attached hydrogens (tertiary/aromatic N) is 2. The molecule has 2 rings (SSSR count). The van der Waals surface area contributed by atoms with E-state index in [1.54, 1.807) is 4.90 Å². The first-order valence-corrected chi connectivity index (χ1v) is 9.64. The van der Waals surface area contributed by atoms with Crippen LogP contribution in [0.1, 0.15) is 50.6 Å². The quantitative estimate of drug-likeness (QED) is 0.385. The van der Waals surface area contributed by atoms with Gasteiger partial charge >= 0.3 is 11.9 Å². The van der Waals surface area contributed by atoms with Gasteiger partial charge in [0.25, 0.3) is 0 Å². The van der Waals surface area contributed by atoms with Gasteiger partial charge in [-0.3, -0.25) is 9.79 Å². The van der Waals surface area contributed by atoms with E-state index in [0.717, 1.165) is 24.8 Å². The second-order valence-electron chi connectivity index (χ2n) is 7.30. The first kappa shape index (κ1) is 21.7. The van der Waals surface area contributed by atoms with Crippen molar-refractivity contribution in [3.63, 3.8) is 0 Å². The number of rotatable bonds is 8. The van der Waals surface area contributed by atoms with Crippen LogP contribution in [0.2, 0.25) is 0 Å². The van der Waals surface area contributed by atoms with E-state index in [4.69, 9.17) is 9.47 Å². The first-order valence-electron chi connectivity index (χ1n) is 9.64. The lowest BCUT2D eigenvalue weighted by Crippen LogP contribution is -2.40. The second-order valence-corrected chi connectivity index (χ2v) is 7.30. The maximum absolute atomic E-state index is 12.8. The van der Waals surface area contributed by atoms with Crippen LogP contribution in [0.5, 0.6) is 0 Å². The zero-order valence-electron chi connectivity index (χ0n) is 17.0. The number of likely N-dealkylation sites (N-methyl/N-ethyl adjacent to an activating group) is 1. The molecule has 0 bridgehead atoms. The highest BCUT2D eigenvalue weighted by atomic mass is 16.5. The van der Waals surface area contributed by atoms with Crippen molar-refractivity contribution in [2.24, 2.45) is 10.4 Å². The van der Waals surface area contributed by atoms with Gasteiger partial charge in [0, 0.05) is 7.05 Å². The van der Waals surface area contributed by atoms with Crippen molar-refractivity contribution in [3.05, 3.63) is 47.8 Å². The Morgan fingerprint density at radius 2 is 1.89 bits per heavy atom. The van der Waals surface area contributed by atoms with Crippen molar-refractivity contribution in [2.75, 3.05) is 20.8 Å². The lowest BCUT2D eigenvalue weighted by molar-refractivity contribution is -0.163. The molecule has 0 aliphatic heterocycles. The Morgan fingerprint density at radius 3 is 2.46 bits per heavy atom. The van der Waals surface area contributed by atoms with Crippen LogP contribution in [-0.4, -0.2) is 44.3 Å². The smallest absolute Gasteiger partial charge is 0.356 e. The van der Waals surface area contributed by atoms with Gasteiger partial charge in [0.2, 0.25) is 0 Å². The van der Waals surface area contributed by atoms with Crippen LogP contribution >= 0.6 is 0 Å². The van der Waals surface area contributed by atoms with Gasteiger partial charge in [-0.15, -0.1) is 0 Å². The summed E-state index contributed by atoms with van der Waals surface area (Å²) in [6.45, 7) is 5.48. The predicted octanol–water partition coefficient (Wildman–Crippen LogP) is 3.89. The largest absolute Gasteiger partial charge is 0.468 e. The fourth-order valence-corrected chi connectivity index (χ4v) is 3.67. The Bertz CT molecular complexity index is 709. The average molecular weight is 386 g/mol. The van der Waals surface area contributed by atoms with Crippen molar-refractivity contribution >= 4 is 18.7 Å². The van der Waals surface area contributed by atoms with Gasteiger partial charge in [-0.05, 0) is 32.0 Å². The highest BCUT2D eigenvalue weighted by Gasteiger charge is 2.42. The molecule has 0 radical (unpaired) electrons. The molecule has 6 nitrogen and oxygen atoms in total. The van der Waals surface area contributed by atoms with Crippen molar-refractivity contribution in [1.82, 2.24) is 4.90 Å². The third-order valence-corrected chi connectivity index (χ3v) is 5.57. The van der Waals surface area contributed by atoms with E-state index in [9.17, 15) is 9.59 Å². The van der Waals surface area contributed by atoms with Gasteiger partial charge in [-0.2, -0.15) is 0 Å². The summed E-state index contributed by atoms with van der Waals surface area (Å²) in [5, 5.41) is 0. The molecule has 0 N–H and O–H groups in total. The van der Waals surface area contributed by atoms with Gasteiger partial charge in [0.1, 0.15) is 17.7 Å². The number of esters is 2. The van der Waals surface area contributed by atoms with E-state index in [0.29, 0.717) is 18.5 Å². The molecule has 0 unspecified atom stereocenters. The van der Waals surface area contributed by atoms with Crippen molar-refractivity contribution < 1.29 is 19.1 Å². The fraction of sp³-hybridized carbons (Fsp3) is 0.500. The molecule has 6 heteroatoms. The molecule has 0 saturated heterocycles. The number of carbonyl (C=O) groups excluding carboxylic acids is 2. The van der Waals surface area contributed by atoms with Gasteiger partial charge in [0.15, 0.2) is 0 Å². The molecular formula is C22H30N2O4. The van der Waals surface area contributed by atoms with Crippen molar-refractivity contribution in [2.45, 2.75) is 45.1 Å². The number of hydrogen-bond donors (Lipinski definition) is 0. The Balaban J connectivity index is 2.13. The summed E-state index contributed by atoms with van der Waals surface area (Å²) < 4.78 is 10.6. The molecule has 1 atom stereocenters. The zero-order chi connectivity index (χ0) is 20.6. The molecule has 0 spiro atoms. The Morgan fingerprint density at radius 1 is 1.25 bits per heavy atom. The molecule has 1 aromatic carbocycles. The van der Waals surface area contributed by atoms with E-state index in [1.807, 2.05) is 44.3 Å². The molecule has 0 amide bonds. The number of carbonyl (C=O) groups is 2. The summed E-state index contributed by atoms with van der Waals surface area (Å²) in [6.07, 6.45) is 5.66. The third-order valence-electron chi connectivity index (χ3n) is 5.57. The number of methoxy groups -OCH3 is 1. The monoisotopic (exact) mass is 386 g/mol. The molecule has 1 fully saturated rings. The molecule has 0 heterocycles. The minimum absolute atomic E-state index is 0.0144. The van der Waals surface area contributed by atoms with Gasteiger partial charge in [0.05, 0.1) is 19.4 Å². The van der Waals surface area contributed by atoms with Gasteiger partial charge in [-0.1, -0.05) is 49.6 Å². The Labute approximate surface area is 167 Å². The van der Waals surface area contributed by atoms with Crippen LogP contribution in [-0.2, 0) is 19.1 Å². The van der Waals surface area contributed by atoms with Crippen molar-refractivity contribution in [3.8, 4) is 0 Å². The lowest BCUT2D eigenvalue weighted by atomic mass is 9.74. The van der Waals surface area contributed by atoms with Gasteiger partial charge in [-0.25, -0.2) is 4.79 Å². The number of benzene rings is 1. The highest BCUT2D eigenvalue weighted by Crippen LogP contribution is 2.38. The van der Waals surface area contributed by atoms with Crippen molar-refractivity contribution in [1.29, 1.82) is 0 Å². The third kappa shape index (κ3) is 5.00. The van der Waals surface area contributed by atoms with E-state index in [-0.39, 0.29) is 18.6 Å². The molecular weight excluding hydrogens is 356 g/mol. The molecule has 1 saturated carbocycles. The highest BCUT2D eigenvalue weighted by molar-refractivity contribution is 5.88. The van der Waals surface area contributed by atoms with Crippen LogP contribution in [0.3, 0.4) is 0 Å². The molecule has 28 heavy (non-hydrogen) atoms. The lowest BCUT2D eigenvalue weighted by Gasteiger charge is -2.34. The van der Waals surface area contributed by atoms with Crippen LogP contribution in [0.25, 0.3) is 0 Å². The number of hydrogen-bond acceptors (Lipinski definition) is 6. The average Bonchev–Trinajstić information content (AvgIpc) is 2.75. The summed E-state index contributed by atoms with van der Waals surface area (Å²) in [5.74, 6) is -0.829. The van der Waals surface area contributed by atoms with Gasteiger partial charge < -0.3 is 14.4 Å². The van der Waals surface area contributed by atoms with Crippen LogP contribution in [0, 0.1) is 5.41 Å². The number of ether oxygens (including phenoxy) is 2. The first-order chi connectivity index (χ1) is 13.4. The minimum Gasteiger partial charge on any atom is -0.468 e. The standard InChI is InChI=1S/C22H30N2O4/c1-17(18-11-7-5-8-12-18)24(3)19(15-23-2)20(25)28-16-22(21(26)27-4)13-9-6-10-14-22/h5,7-8,11-12,15,17H,2,6,9-10,13-14,16H2,1,3-4H3/b19-15-/t17-/m1/s1. The SMILES string of the molecule is C=N/C=C(/C(=O)OCC1(C(=O)OC)CCCCC1)N(C)[C@H](C)c1ccccc1. The molecule has 152 valence electrons. The minimum atomic E-state index is -0.751. The Hall–Kier alpha value is -2.63. The summed E-state index contributed by atoms with van der Waals surface area (Å²) in [6, 6.07) is 9.79. The predicted molar refractivity (Wildman–Crippen MR) is 109 cm³/mol. The molecule has 1 aliphatic rings. The summed E-state index contributed by atoms with van der Waals surface area (Å²) in [5.41, 5.74) is 0.604. The summed E-state index contributed by atoms with van der Waals surface area (Å²) in [7, 11) is 3.19. The maximum atomic E-state index is 12.8. The summed E-state index contributed by atoms with van der Waals surface area (Å²) in [4.78, 5) is 30.8. The molecule has 1 aromatic rings. The van der Waals surface area contributed by atoms with E-state index < -0.39 is 11.4 Å². The van der Waals surface area contributed by atoms with Crippen LogP contribution in [0.15, 0.2) is 47.2 Å². The zero-order valence-corrected chi connectivity index (χ0v) is 17.0. The second kappa shape index (κ2) is 10.1. The van der Waals surface area contributed by atoms with E-state index >= 15 is 0 Å². The molecule has 0 aromatic heterocycles. The topological polar surface area (TPSA) is 68.2 Å². The Kier molecular flexibility index (Phi) is 7.79. The number of aliphatic imine (C=N–C) groups is 1. The van der Waals surface area contributed by atoms with Crippen LogP contribution in [0.4, 0.5) is 0 Å². The van der Waals surface area contributed by atoms with E-state index in [2.05, 4.69) is 11.7 Å².